The second kappa shape index (κ2) is 16.1. The molecular weight excluding hydrogens is 568 g/mol. The van der Waals surface area contributed by atoms with E-state index in [2.05, 4.69) is 21.3 Å². The normalized spacial score (nSPS) is 13.1. The molecule has 13 heteroatoms. The maximum atomic E-state index is 13.1. The molecule has 1 heterocycles. The van der Waals surface area contributed by atoms with Gasteiger partial charge in [0.1, 0.15) is 6.04 Å². The fourth-order valence-corrected chi connectivity index (χ4v) is 4.88. The van der Waals surface area contributed by atoms with E-state index in [1.165, 1.54) is 0 Å². The average Bonchev–Trinajstić information content (AvgIpc) is 3.51. The second-order valence-corrected chi connectivity index (χ2v) is 10.9. The van der Waals surface area contributed by atoms with E-state index in [0.717, 1.165) is 23.3 Å². The van der Waals surface area contributed by atoms with Crippen LogP contribution < -0.4 is 21.3 Å². The number of hydrogen-bond donors (Lipinski definition) is 5. The Morgan fingerprint density at radius 3 is 2.16 bits per heavy atom. The number of anilines is 2. The van der Waals surface area contributed by atoms with Gasteiger partial charge in [-0.25, -0.2) is 4.79 Å². The first-order valence-electron chi connectivity index (χ1n) is 14.5. The van der Waals surface area contributed by atoms with E-state index in [0.29, 0.717) is 30.0 Å². The van der Waals surface area contributed by atoms with E-state index in [4.69, 9.17) is 0 Å². The van der Waals surface area contributed by atoms with E-state index in [1.54, 1.807) is 49.1 Å². The van der Waals surface area contributed by atoms with Gasteiger partial charge >= 0.3 is 12.0 Å². The van der Waals surface area contributed by atoms with Gasteiger partial charge in [0.05, 0.1) is 25.9 Å². The Bertz CT molecular complexity index is 1360. The number of amides is 6. The van der Waals surface area contributed by atoms with Crippen LogP contribution in [0.1, 0.15) is 44.2 Å². The number of carboxylic acids is 1. The van der Waals surface area contributed by atoms with Crippen molar-refractivity contribution in [1.82, 2.24) is 20.4 Å². The highest BCUT2D eigenvalue weighted by Gasteiger charge is 2.34. The Balaban J connectivity index is 1.53. The lowest BCUT2D eigenvalue weighted by Gasteiger charge is -2.33. The molecule has 1 saturated heterocycles. The number of carbonyl (C=O) groups excluding carboxylic acids is 5. The van der Waals surface area contributed by atoms with E-state index in [9.17, 15) is 33.9 Å². The van der Waals surface area contributed by atoms with Crippen molar-refractivity contribution in [3.63, 3.8) is 0 Å². The van der Waals surface area contributed by atoms with Gasteiger partial charge in [0.15, 0.2) is 0 Å². The summed E-state index contributed by atoms with van der Waals surface area (Å²) in [5.41, 5.74) is 2.76. The zero-order valence-electron chi connectivity index (χ0n) is 25.2. The molecule has 1 aliphatic rings. The molecule has 5 N–H and O–H groups in total. The first kappa shape index (κ1) is 33.6. The van der Waals surface area contributed by atoms with Crippen LogP contribution in [0.2, 0.25) is 0 Å². The lowest BCUT2D eigenvalue weighted by molar-refractivity contribution is -0.148. The molecule has 1 atom stereocenters. The maximum Gasteiger partial charge on any atom is 0.323 e. The molecule has 2 aromatic rings. The van der Waals surface area contributed by atoms with Crippen molar-refractivity contribution in [2.75, 3.05) is 36.8 Å². The molecule has 13 nitrogen and oxygen atoms in total. The monoisotopic (exact) mass is 608 g/mol. The minimum Gasteiger partial charge on any atom is -0.481 e. The molecule has 0 radical (unpaired) electrons. The lowest BCUT2D eigenvalue weighted by Crippen LogP contribution is -2.56. The molecule has 0 aromatic heterocycles. The van der Waals surface area contributed by atoms with Gasteiger partial charge in [-0.15, -0.1) is 0 Å². The van der Waals surface area contributed by atoms with Crippen molar-refractivity contribution in [3.8, 4) is 0 Å². The Kier molecular flexibility index (Phi) is 12.2. The third-order valence-corrected chi connectivity index (χ3v) is 7.13. The fraction of sp³-hybridized carbons (Fsp3) is 0.419. The van der Waals surface area contributed by atoms with Crippen LogP contribution in [0.25, 0.3) is 0 Å². The van der Waals surface area contributed by atoms with Crippen LogP contribution in [0, 0.1) is 6.92 Å². The molecule has 6 amide bonds. The van der Waals surface area contributed by atoms with E-state index >= 15 is 0 Å². The third kappa shape index (κ3) is 10.1. The third-order valence-electron chi connectivity index (χ3n) is 7.13. The van der Waals surface area contributed by atoms with Gasteiger partial charge in [0.2, 0.25) is 23.6 Å². The van der Waals surface area contributed by atoms with Crippen LogP contribution in [-0.2, 0) is 30.4 Å². The van der Waals surface area contributed by atoms with E-state index < -0.39 is 54.8 Å². The lowest BCUT2D eigenvalue weighted by atomic mass is 10.1. The highest BCUT2D eigenvalue weighted by molar-refractivity contribution is 6.00. The minimum absolute atomic E-state index is 0.0533. The summed E-state index contributed by atoms with van der Waals surface area (Å²) in [6.45, 7) is 5.62. The van der Waals surface area contributed by atoms with Crippen molar-refractivity contribution in [3.05, 3.63) is 59.7 Å². The van der Waals surface area contributed by atoms with Gasteiger partial charge in [-0.2, -0.15) is 0 Å². The van der Waals surface area contributed by atoms with Crippen LogP contribution in [0.3, 0.4) is 0 Å². The number of benzene rings is 2. The fourth-order valence-electron chi connectivity index (χ4n) is 4.88. The van der Waals surface area contributed by atoms with Gasteiger partial charge in [-0.1, -0.05) is 30.3 Å². The summed E-state index contributed by atoms with van der Waals surface area (Å²) in [6, 6.07) is 11.7. The number of likely N-dealkylation sites (tertiary alicyclic amines) is 1. The summed E-state index contributed by atoms with van der Waals surface area (Å²) >= 11 is 0. The molecule has 1 aliphatic heterocycles. The number of rotatable bonds is 13. The Morgan fingerprint density at radius 2 is 1.55 bits per heavy atom. The average molecular weight is 609 g/mol. The zero-order valence-corrected chi connectivity index (χ0v) is 25.2. The molecule has 0 bridgehead atoms. The molecule has 0 saturated carbocycles. The standard InChI is InChI=1S/C31H40N6O7/c1-20(2)37(25(17-29(41)42)30(43)33-18-27(39)36-14-6-7-15-36)28(40)19-32-26(38)16-22-10-12-23(13-11-22)34-31(44)35-24-9-5-4-8-21(24)3/h4-5,8-13,20,25H,6-7,14-19H2,1-3H3,(H,32,38)(H,33,43)(H,41,42)(H2,34,35,44). The Hall–Kier alpha value is -4.94. The number of urea groups is 1. The van der Waals surface area contributed by atoms with Crippen LogP contribution in [0.15, 0.2) is 48.5 Å². The first-order chi connectivity index (χ1) is 20.9. The molecule has 0 spiro atoms. The number of hydrogen-bond acceptors (Lipinski definition) is 6. The largest absolute Gasteiger partial charge is 0.481 e. The number of carboxylic acid groups (broad SMARTS) is 1. The van der Waals surface area contributed by atoms with E-state index in [-0.39, 0.29) is 18.9 Å². The number of aliphatic carboxylic acids is 1. The molecule has 236 valence electrons. The quantitative estimate of drug-likeness (QED) is 0.231. The van der Waals surface area contributed by atoms with Crippen LogP contribution in [0.5, 0.6) is 0 Å². The van der Waals surface area contributed by atoms with Crippen molar-refractivity contribution >= 4 is 47.0 Å². The summed E-state index contributed by atoms with van der Waals surface area (Å²) in [5, 5.41) is 19.9. The van der Waals surface area contributed by atoms with Crippen LogP contribution >= 0.6 is 0 Å². The molecule has 1 unspecified atom stereocenters. The SMILES string of the molecule is Cc1ccccc1NC(=O)Nc1ccc(CC(=O)NCC(=O)N(C(C)C)C(CC(=O)O)C(=O)NCC(=O)N2CCCC2)cc1. The van der Waals surface area contributed by atoms with Gasteiger partial charge in [-0.3, -0.25) is 24.0 Å². The summed E-state index contributed by atoms with van der Waals surface area (Å²) in [4.78, 5) is 77.7. The predicted octanol–water partition coefficient (Wildman–Crippen LogP) is 2.12. The van der Waals surface area contributed by atoms with Crippen LogP contribution in [-0.4, -0.2) is 88.8 Å². The number of para-hydroxylation sites is 1. The van der Waals surface area contributed by atoms with E-state index in [1.807, 2.05) is 25.1 Å². The first-order valence-corrected chi connectivity index (χ1v) is 14.5. The number of carbonyl (C=O) groups is 6. The molecular formula is C31H40N6O7. The molecule has 0 aliphatic carbocycles. The van der Waals surface area contributed by atoms with Gasteiger partial charge in [0.25, 0.3) is 0 Å². The van der Waals surface area contributed by atoms with Crippen molar-refractivity contribution < 1.29 is 33.9 Å². The predicted molar refractivity (Wildman–Crippen MR) is 164 cm³/mol. The second-order valence-electron chi connectivity index (χ2n) is 10.9. The number of nitrogens with one attached hydrogen (secondary N) is 4. The summed E-state index contributed by atoms with van der Waals surface area (Å²) < 4.78 is 0. The summed E-state index contributed by atoms with van der Waals surface area (Å²) in [6.07, 6.45) is 1.06. The Labute approximate surface area is 256 Å². The van der Waals surface area contributed by atoms with Crippen molar-refractivity contribution in [2.45, 2.75) is 58.5 Å². The number of nitrogens with zero attached hydrogens (tertiary/aromatic N) is 2. The number of aryl methyl sites for hydroxylation is 1. The topological polar surface area (TPSA) is 177 Å². The van der Waals surface area contributed by atoms with Gasteiger partial charge in [0, 0.05) is 30.5 Å². The summed E-state index contributed by atoms with van der Waals surface area (Å²) in [5.74, 6) is -3.41. The minimum atomic E-state index is -1.37. The molecule has 3 rings (SSSR count). The van der Waals surface area contributed by atoms with Gasteiger partial charge in [-0.05, 0) is 62.9 Å². The summed E-state index contributed by atoms with van der Waals surface area (Å²) in [7, 11) is 0. The molecule has 44 heavy (non-hydrogen) atoms. The van der Waals surface area contributed by atoms with Crippen LogP contribution in [0.4, 0.5) is 16.2 Å². The molecule has 1 fully saturated rings. The van der Waals surface area contributed by atoms with Gasteiger partial charge < -0.3 is 36.2 Å². The highest BCUT2D eigenvalue weighted by Crippen LogP contribution is 2.16. The Morgan fingerprint density at radius 1 is 0.886 bits per heavy atom. The van der Waals surface area contributed by atoms with Crippen molar-refractivity contribution in [2.24, 2.45) is 0 Å². The van der Waals surface area contributed by atoms with Crippen molar-refractivity contribution in [1.29, 1.82) is 0 Å². The smallest absolute Gasteiger partial charge is 0.323 e. The zero-order chi connectivity index (χ0) is 32.2. The maximum absolute atomic E-state index is 13.1. The molecule has 2 aromatic carbocycles. The highest BCUT2D eigenvalue weighted by atomic mass is 16.4.